The molecule has 0 fully saturated rings. The number of anilines is 1. The van der Waals surface area contributed by atoms with Crippen molar-refractivity contribution in [3.8, 4) is 5.75 Å². The summed E-state index contributed by atoms with van der Waals surface area (Å²) in [5, 5.41) is 12.6. The first-order valence-corrected chi connectivity index (χ1v) is 8.32. The van der Waals surface area contributed by atoms with Gasteiger partial charge in [0.15, 0.2) is 0 Å². The van der Waals surface area contributed by atoms with Gasteiger partial charge in [0, 0.05) is 42.0 Å². The van der Waals surface area contributed by atoms with Gasteiger partial charge in [-0.15, -0.1) is 0 Å². The fourth-order valence-corrected chi connectivity index (χ4v) is 2.89. The molecule has 0 atom stereocenters. The van der Waals surface area contributed by atoms with Gasteiger partial charge in [0.25, 0.3) is 0 Å². The van der Waals surface area contributed by atoms with Crippen LogP contribution in [0.25, 0.3) is 10.8 Å². The predicted molar refractivity (Wildman–Crippen MR) is 103 cm³/mol. The van der Waals surface area contributed by atoms with Gasteiger partial charge in [0.05, 0.1) is 5.69 Å². The minimum atomic E-state index is 0.253. The average Bonchev–Trinajstić information content (AvgIpc) is 2.62. The number of nitrogens with zero attached hydrogens (tertiary/aromatic N) is 2. The second-order valence-corrected chi connectivity index (χ2v) is 5.67. The quantitative estimate of drug-likeness (QED) is 0.661. The Bertz CT molecular complexity index is 861. The van der Waals surface area contributed by atoms with Gasteiger partial charge in [-0.2, -0.15) is 0 Å². The summed E-state index contributed by atoms with van der Waals surface area (Å²) in [5.74, 6) is 0.253. The maximum atomic E-state index is 10.3. The molecule has 122 valence electrons. The van der Waals surface area contributed by atoms with E-state index >= 15 is 0 Å². The van der Waals surface area contributed by atoms with E-state index in [0.29, 0.717) is 0 Å². The fourth-order valence-electron chi connectivity index (χ4n) is 2.89. The van der Waals surface area contributed by atoms with Crippen LogP contribution in [0.5, 0.6) is 5.75 Å². The zero-order chi connectivity index (χ0) is 16.9. The van der Waals surface area contributed by atoms with Gasteiger partial charge in [-0.3, -0.25) is 4.99 Å². The molecule has 0 radical (unpaired) electrons. The Labute approximate surface area is 142 Å². The number of hydrogen-bond donors (Lipinski definition) is 1. The molecule has 24 heavy (non-hydrogen) atoms. The third-order valence-electron chi connectivity index (χ3n) is 4.25. The summed E-state index contributed by atoms with van der Waals surface area (Å²) in [6.45, 7) is 6.05. The van der Waals surface area contributed by atoms with E-state index in [2.05, 4.69) is 41.9 Å². The van der Waals surface area contributed by atoms with Gasteiger partial charge in [-0.25, -0.2) is 0 Å². The summed E-state index contributed by atoms with van der Waals surface area (Å²) < 4.78 is 0. The predicted octanol–water partition coefficient (Wildman–Crippen LogP) is 5.14. The van der Waals surface area contributed by atoms with E-state index in [-0.39, 0.29) is 5.75 Å². The van der Waals surface area contributed by atoms with Gasteiger partial charge in [0.1, 0.15) is 5.75 Å². The Kier molecular flexibility index (Phi) is 4.80. The monoisotopic (exact) mass is 318 g/mol. The van der Waals surface area contributed by atoms with E-state index in [9.17, 15) is 5.11 Å². The first kappa shape index (κ1) is 16.1. The van der Waals surface area contributed by atoms with Crippen LogP contribution in [0, 0.1) is 0 Å². The molecule has 1 N–H and O–H groups in total. The Morgan fingerprint density at radius 3 is 2.46 bits per heavy atom. The Hall–Kier alpha value is -2.81. The van der Waals surface area contributed by atoms with Crippen LogP contribution in [0.1, 0.15) is 19.4 Å². The van der Waals surface area contributed by atoms with Gasteiger partial charge in [-0.05, 0) is 37.4 Å². The summed E-state index contributed by atoms with van der Waals surface area (Å²) in [7, 11) is 0. The third kappa shape index (κ3) is 3.25. The van der Waals surface area contributed by atoms with Crippen molar-refractivity contribution in [2.75, 3.05) is 18.0 Å². The molecule has 0 unspecified atom stereocenters. The lowest BCUT2D eigenvalue weighted by molar-refractivity contribution is 0.474. The van der Waals surface area contributed by atoms with Gasteiger partial charge < -0.3 is 10.0 Å². The molecule has 0 saturated carbocycles. The van der Waals surface area contributed by atoms with E-state index in [0.717, 1.165) is 40.8 Å². The van der Waals surface area contributed by atoms with Crippen molar-refractivity contribution in [3.05, 3.63) is 66.2 Å². The van der Waals surface area contributed by atoms with E-state index < -0.39 is 0 Å². The van der Waals surface area contributed by atoms with E-state index in [1.165, 1.54) is 0 Å². The third-order valence-corrected chi connectivity index (χ3v) is 4.25. The number of benzene rings is 3. The van der Waals surface area contributed by atoms with Crippen LogP contribution in [0.4, 0.5) is 11.4 Å². The van der Waals surface area contributed by atoms with Crippen LogP contribution >= 0.6 is 0 Å². The highest BCUT2D eigenvalue weighted by Gasteiger charge is 2.06. The molecule has 3 aromatic rings. The molecular weight excluding hydrogens is 296 g/mol. The number of aromatic hydroxyl groups is 1. The fraction of sp³-hybridized carbons (Fsp3) is 0.190. The van der Waals surface area contributed by atoms with E-state index in [1.54, 1.807) is 12.3 Å². The Morgan fingerprint density at radius 2 is 1.71 bits per heavy atom. The van der Waals surface area contributed by atoms with Crippen molar-refractivity contribution in [1.29, 1.82) is 0 Å². The minimum absolute atomic E-state index is 0.253. The topological polar surface area (TPSA) is 35.8 Å². The second kappa shape index (κ2) is 7.18. The molecule has 0 aliphatic heterocycles. The summed E-state index contributed by atoms with van der Waals surface area (Å²) in [5.41, 5.74) is 2.65. The van der Waals surface area contributed by atoms with Crippen LogP contribution < -0.4 is 4.90 Å². The van der Waals surface area contributed by atoms with Crippen LogP contribution in [0.3, 0.4) is 0 Å². The number of fused-ring (bicyclic) bond motifs is 1. The molecule has 0 spiro atoms. The Balaban J connectivity index is 1.91. The molecule has 0 aliphatic rings. The molecule has 3 aromatic carbocycles. The lowest BCUT2D eigenvalue weighted by Crippen LogP contribution is -2.21. The molecule has 3 rings (SSSR count). The zero-order valence-electron chi connectivity index (χ0n) is 14.1. The lowest BCUT2D eigenvalue weighted by Gasteiger charge is -2.21. The standard InChI is InChI=1S/C21H22N2O/c1-3-23(4-2)18-13-12-17(21(24)14-18)15-22-20-11-7-9-16-8-5-6-10-19(16)20/h5-15,24H,3-4H2,1-2H3. The van der Waals surface area contributed by atoms with Crippen LogP contribution in [0.15, 0.2) is 65.7 Å². The molecule has 0 heterocycles. The molecule has 0 amide bonds. The van der Waals surface area contributed by atoms with Crippen molar-refractivity contribution in [2.24, 2.45) is 4.99 Å². The van der Waals surface area contributed by atoms with Gasteiger partial charge in [-0.1, -0.05) is 36.4 Å². The summed E-state index contributed by atoms with van der Waals surface area (Å²) in [6, 6.07) is 20.0. The molecule has 0 bridgehead atoms. The first-order valence-electron chi connectivity index (χ1n) is 8.32. The van der Waals surface area contributed by atoms with Crippen molar-refractivity contribution in [3.63, 3.8) is 0 Å². The number of phenols is 1. The maximum absolute atomic E-state index is 10.3. The largest absolute Gasteiger partial charge is 0.507 e. The molecule has 3 nitrogen and oxygen atoms in total. The Morgan fingerprint density at radius 1 is 0.958 bits per heavy atom. The number of rotatable bonds is 5. The summed E-state index contributed by atoms with van der Waals surface area (Å²) in [6.07, 6.45) is 1.73. The zero-order valence-corrected chi connectivity index (χ0v) is 14.1. The summed E-state index contributed by atoms with van der Waals surface area (Å²) >= 11 is 0. The van der Waals surface area contributed by atoms with Crippen LogP contribution in [0.2, 0.25) is 0 Å². The molecule has 0 aromatic heterocycles. The second-order valence-electron chi connectivity index (χ2n) is 5.67. The number of hydrogen-bond acceptors (Lipinski definition) is 3. The highest BCUT2D eigenvalue weighted by molar-refractivity contribution is 5.95. The highest BCUT2D eigenvalue weighted by atomic mass is 16.3. The lowest BCUT2D eigenvalue weighted by atomic mass is 10.1. The van der Waals surface area contributed by atoms with Crippen molar-refractivity contribution in [2.45, 2.75) is 13.8 Å². The van der Waals surface area contributed by atoms with Crippen LogP contribution in [-0.2, 0) is 0 Å². The first-order chi connectivity index (χ1) is 11.7. The molecule has 0 saturated heterocycles. The smallest absolute Gasteiger partial charge is 0.126 e. The number of aliphatic imine (C=N–C) groups is 1. The molecule has 3 heteroatoms. The van der Waals surface area contributed by atoms with E-state index in [4.69, 9.17) is 0 Å². The van der Waals surface area contributed by atoms with Gasteiger partial charge in [0.2, 0.25) is 0 Å². The highest BCUT2D eigenvalue weighted by Crippen LogP contribution is 2.27. The maximum Gasteiger partial charge on any atom is 0.126 e. The van der Waals surface area contributed by atoms with Crippen molar-refractivity contribution >= 4 is 28.4 Å². The van der Waals surface area contributed by atoms with Crippen LogP contribution in [-0.4, -0.2) is 24.4 Å². The normalized spacial score (nSPS) is 11.2. The van der Waals surface area contributed by atoms with E-state index in [1.807, 2.05) is 36.4 Å². The van der Waals surface area contributed by atoms with Gasteiger partial charge >= 0.3 is 0 Å². The average molecular weight is 318 g/mol. The number of phenolic OH excluding ortho intramolecular Hbond substituents is 1. The van der Waals surface area contributed by atoms with Crippen molar-refractivity contribution < 1.29 is 5.11 Å². The molecular formula is C21H22N2O. The molecule has 0 aliphatic carbocycles. The SMILES string of the molecule is CCN(CC)c1ccc(C=Nc2cccc3ccccc23)c(O)c1. The minimum Gasteiger partial charge on any atom is -0.507 e. The van der Waals surface area contributed by atoms with Crippen molar-refractivity contribution in [1.82, 2.24) is 0 Å². The summed E-state index contributed by atoms with van der Waals surface area (Å²) in [4.78, 5) is 6.78.